The predicted molar refractivity (Wildman–Crippen MR) is 107 cm³/mol. The molecule has 0 atom stereocenters. The van der Waals surface area contributed by atoms with Gasteiger partial charge in [-0.2, -0.15) is 0 Å². The number of amides is 1. The van der Waals surface area contributed by atoms with Crippen molar-refractivity contribution >= 4 is 41.0 Å². The highest BCUT2D eigenvalue weighted by molar-refractivity contribution is 5.92. The molecule has 0 spiro atoms. The fourth-order valence-electron chi connectivity index (χ4n) is 2.63. The third kappa shape index (κ3) is 4.74. The van der Waals surface area contributed by atoms with E-state index in [1.165, 1.54) is 0 Å². The molecule has 0 radical (unpaired) electrons. The summed E-state index contributed by atoms with van der Waals surface area (Å²) in [6.07, 6.45) is 0.624. The molecule has 26 heavy (non-hydrogen) atoms. The number of carbonyl (C=O) groups excluding carboxylic acids is 1. The topological polar surface area (TPSA) is 79.2 Å². The Morgan fingerprint density at radius 2 is 1.88 bits per heavy atom. The number of hydrogen-bond acceptors (Lipinski definition) is 4. The molecule has 3 rings (SSSR count). The number of hydrogen-bond donors (Lipinski definition) is 3. The third-order valence-electron chi connectivity index (χ3n) is 3.91. The number of para-hydroxylation sites is 2. The smallest absolute Gasteiger partial charge is 0.244 e. The monoisotopic (exact) mass is 374 g/mol. The Hall–Kier alpha value is -2.57. The number of aromatic nitrogens is 2. The summed E-state index contributed by atoms with van der Waals surface area (Å²) in [4.78, 5) is 17.0. The van der Waals surface area contributed by atoms with Crippen LogP contribution in [0.2, 0.25) is 0 Å². The van der Waals surface area contributed by atoms with Crippen LogP contribution in [0.4, 0.5) is 11.6 Å². The van der Waals surface area contributed by atoms with Crippen LogP contribution in [0.5, 0.6) is 0 Å². The van der Waals surface area contributed by atoms with E-state index in [0.717, 1.165) is 22.3 Å². The lowest BCUT2D eigenvalue weighted by Crippen LogP contribution is -2.20. The average Bonchev–Trinajstić information content (AvgIpc) is 2.95. The number of benzene rings is 2. The molecule has 0 saturated heterocycles. The summed E-state index contributed by atoms with van der Waals surface area (Å²) in [5, 5.41) is 15.1. The zero-order valence-electron chi connectivity index (χ0n) is 14.6. The largest absolute Gasteiger partial charge is 0.396 e. The highest BCUT2D eigenvalue weighted by Gasteiger charge is 2.13. The second-order valence-electron chi connectivity index (χ2n) is 5.93. The first kappa shape index (κ1) is 19.8. The quantitative estimate of drug-likeness (QED) is 0.555. The Bertz CT molecular complexity index is 862. The Kier molecular flexibility index (Phi) is 7.00. The van der Waals surface area contributed by atoms with E-state index < -0.39 is 0 Å². The zero-order valence-corrected chi connectivity index (χ0v) is 15.4. The molecule has 138 valence electrons. The molecule has 1 heterocycles. The Labute approximate surface area is 158 Å². The molecule has 7 heteroatoms. The van der Waals surface area contributed by atoms with Crippen molar-refractivity contribution in [3.8, 4) is 0 Å². The van der Waals surface area contributed by atoms with E-state index in [1.54, 1.807) is 0 Å². The molecule has 0 aliphatic rings. The van der Waals surface area contributed by atoms with Crippen LogP contribution in [0.25, 0.3) is 11.0 Å². The number of anilines is 2. The first-order valence-electron chi connectivity index (χ1n) is 8.34. The molecule has 3 N–H and O–H groups in total. The Morgan fingerprint density at radius 3 is 2.62 bits per heavy atom. The highest BCUT2D eigenvalue weighted by atomic mass is 35.5. The maximum Gasteiger partial charge on any atom is 0.244 e. The zero-order chi connectivity index (χ0) is 17.6. The van der Waals surface area contributed by atoms with E-state index in [1.807, 2.05) is 60.0 Å². The van der Waals surface area contributed by atoms with Crippen LogP contribution in [0, 0.1) is 6.92 Å². The number of aliphatic hydroxyl groups is 1. The number of imidazole rings is 1. The number of nitrogens with one attached hydrogen (secondary N) is 2. The number of halogens is 1. The van der Waals surface area contributed by atoms with E-state index in [9.17, 15) is 4.79 Å². The van der Waals surface area contributed by atoms with Gasteiger partial charge in [0.2, 0.25) is 11.9 Å². The van der Waals surface area contributed by atoms with Crippen LogP contribution >= 0.6 is 12.4 Å². The van der Waals surface area contributed by atoms with Crippen molar-refractivity contribution in [3.63, 3.8) is 0 Å². The van der Waals surface area contributed by atoms with Gasteiger partial charge in [-0.15, -0.1) is 12.4 Å². The van der Waals surface area contributed by atoms with Crippen LogP contribution in [0.3, 0.4) is 0 Å². The van der Waals surface area contributed by atoms with Crippen LogP contribution in [0.1, 0.15) is 12.0 Å². The number of nitrogens with zero attached hydrogens (tertiary/aromatic N) is 2. The lowest BCUT2D eigenvalue weighted by molar-refractivity contribution is -0.116. The van der Waals surface area contributed by atoms with Crippen LogP contribution in [-0.2, 0) is 11.3 Å². The van der Waals surface area contributed by atoms with Gasteiger partial charge in [-0.3, -0.25) is 4.79 Å². The van der Waals surface area contributed by atoms with Crippen molar-refractivity contribution in [2.75, 3.05) is 23.8 Å². The molecule has 0 fully saturated rings. The summed E-state index contributed by atoms with van der Waals surface area (Å²) in [6, 6.07) is 15.4. The number of rotatable bonds is 7. The Morgan fingerprint density at radius 1 is 1.15 bits per heavy atom. The third-order valence-corrected chi connectivity index (χ3v) is 3.91. The number of fused-ring (bicyclic) bond motifs is 1. The van der Waals surface area contributed by atoms with Crippen LogP contribution < -0.4 is 10.6 Å². The fraction of sp³-hybridized carbons (Fsp3) is 0.263. The molecule has 0 aliphatic carbocycles. The first-order valence-corrected chi connectivity index (χ1v) is 8.34. The predicted octanol–water partition coefficient (Wildman–Crippen LogP) is 3.20. The van der Waals surface area contributed by atoms with Gasteiger partial charge in [0.25, 0.3) is 0 Å². The maximum absolute atomic E-state index is 12.5. The summed E-state index contributed by atoms with van der Waals surface area (Å²) < 4.78 is 1.86. The lowest BCUT2D eigenvalue weighted by atomic mass is 10.2. The highest BCUT2D eigenvalue weighted by Crippen LogP contribution is 2.20. The van der Waals surface area contributed by atoms with E-state index in [-0.39, 0.29) is 31.5 Å². The van der Waals surface area contributed by atoms with Gasteiger partial charge < -0.3 is 20.3 Å². The standard InChI is InChI=1S/C19H22N4O2.ClH/c1-14-7-9-15(10-8-14)21-18(25)13-23-17-6-3-2-5-16(17)22-19(23)20-11-4-12-24;/h2-3,5-10,24H,4,11-13H2,1H3,(H,20,22)(H,21,25);1H. The SMILES string of the molecule is Cc1ccc(NC(=O)Cn2c(NCCCO)nc3ccccc32)cc1.Cl. The molecule has 3 aromatic rings. The van der Waals surface area contributed by atoms with E-state index >= 15 is 0 Å². The van der Waals surface area contributed by atoms with E-state index in [4.69, 9.17) is 5.11 Å². The van der Waals surface area contributed by atoms with E-state index in [2.05, 4.69) is 15.6 Å². The van der Waals surface area contributed by atoms with Crippen molar-refractivity contribution in [2.24, 2.45) is 0 Å². The molecule has 0 bridgehead atoms. The minimum absolute atomic E-state index is 0. The number of carbonyl (C=O) groups is 1. The van der Waals surface area contributed by atoms with Crippen molar-refractivity contribution in [1.29, 1.82) is 0 Å². The van der Waals surface area contributed by atoms with Gasteiger partial charge in [-0.1, -0.05) is 29.8 Å². The second-order valence-corrected chi connectivity index (χ2v) is 5.93. The molecule has 0 saturated carbocycles. The average molecular weight is 375 g/mol. The molecule has 6 nitrogen and oxygen atoms in total. The minimum Gasteiger partial charge on any atom is -0.396 e. The van der Waals surface area contributed by atoms with Gasteiger partial charge in [0.05, 0.1) is 11.0 Å². The molecule has 0 aliphatic heterocycles. The first-order chi connectivity index (χ1) is 12.2. The molecular formula is C19H23ClN4O2. The number of aryl methyl sites for hydroxylation is 1. The van der Waals surface area contributed by atoms with Gasteiger partial charge in [0.15, 0.2) is 0 Å². The van der Waals surface area contributed by atoms with E-state index in [0.29, 0.717) is 18.9 Å². The van der Waals surface area contributed by atoms with Crippen LogP contribution in [-0.4, -0.2) is 33.7 Å². The summed E-state index contributed by atoms with van der Waals surface area (Å²) in [7, 11) is 0. The second kappa shape index (κ2) is 9.22. The normalized spacial score (nSPS) is 10.4. The van der Waals surface area contributed by atoms with Gasteiger partial charge in [-0.25, -0.2) is 4.98 Å². The van der Waals surface area contributed by atoms with Crippen molar-refractivity contribution in [2.45, 2.75) is 19.9 Å². The van der Waals surface area contributed by atoms with Gasteiger partial charge in [-0.05, 0) is 37.6 Å². The molecule has 1 amide bonds. The summed E-state index contributed by atoms with van der Waals surface area (Å²) in [5.41, 5.74) is 3.65. The van der Waals surface area contributed by atoms with Gasteiger partial charge >= 0.3 is 0 Å². The molecule has 1 aromatic heterocycles. The maximum atomic E-state index is 12.5. The fourth-order valence-corrected chi connectivity index (χ4v) is 2.63. The van der Waals surface area contributed by atoms with Crippen LogP contribution in [0.15, 0.2) is 48.5 Å². The Balaban J connectivity index is 0.00000243. The minimum atomic E-state index is -0.114. The van der Waals surface area contributed by atoms with Crippen molar-refractivity contribution < 1.29 is 9.90 Å². The lowest BCUT2D eigenvalue weighted by Gasteiger charge is -2.11. The van der Waals surface area contributed by atoms with Crippen molar-refractivity contribution in [1.82, 2.24) is 9.55 Å². The number of aliphatic hydroxyl groups excluding tert-OH is 1. The summed E-state index contributed by atoms with van der Waals surface area (Å²) in [5.74, 6) is 0.519. The van der Waals surface area contributed by atoms with Crippen molar-refractivity contribution in [3.05, 3.63) is 54.1 Å². The molecule has 0 unspecified atom stereocenters. The molecular weight excluding hydrogens is 352 g/mol. The van der Waals surface area contributed by atoms with Gasteiger partial charge in [0, 0.05) is 18.8 Å². The summed E-state index contributed by atoms with van der Waals surface area (Å²) >= 11 is 0. The summed E-state index contributed by atoms with van der Waals surface area (Å²) in [6.45, 7) is 2.88. The molecule has 2 aromatic carbocycles. The van der Waals surface area contributed by atoms with Gasteiger partial charge in [0.1, 0.15) is 6.54 Å².